The summed E-state index contributed by atoms with van der Waals surface area (Å²) in [5, 5.41) is 15.3. The summed E-state index contributed by atoms with van der Waals surface area (Å²) in [5.74, 6) is 0.999. The molecular formula is C12H24N2O2. The average Bonchev–Trinajstić information content (AvgIpc) is 2.75. The first kappa shape index (κ1) is 13.5. The van der Waals surface area contributed by atoms with E-state index in [0.29, 0.717) is 12.3 Å². The van der Waals surface area contributed by atoms with Gasteiger partial charge in [0.25, 0.3) is 0 Å². The predicted octanol–water partition coefficient (Wildman–Crippen LogP) is 0.509. The zero-order valence-electron chi connectivity index (χ0n) is 10.3. The molecule has 2 unspecified atom stereocenters. The lowest BCUT2D eigenvalue weighted by atomic mass is 10.0. The number of hydrogen-bond donors (Lipinski definition) is 3. The average molecular weight is 228 g/mol. The SMILES string of the molecule is CC(C)C(CO)NC(=O)CCC1CCNC1. The molecule has 3 N–H and O–H groups in total. The van der Waals surface area contributed by atoms with E-state index in [1.807, 2.05) is 13.8 Å². The molecule has 94 valence electrons. The number of aliphatic hydroxyl groups is 1. The van der Waals surface area contributed by atoms with Crippen LogP contribution in [-0.2, 0) is 4.79 Å². The number of nitrogens with one attached hydrogen (secondary N) is 2. The maximum atomic E-state index is 11.6. The van der Waals surface area contributed by atoms with E-state index in [0.717, 1.165) is 19.5 Å². The van der Waals surface area contributed by atoms with E-state index in [1.165, 1.54) is 6.42 Å². The zero-order valence-corrected chi connectivity index (χ0v) is 10.3. The van der Waals surface area contributed by atoms with Crippen LogP contribution in [0.15, 0.2) is 0 Å². The number of aliphatic hydroxyl groups excluding tert-OH is 1. The van der Waals surface area contributed by atoms with Crippen LogP contribution in [0.2, 0.25) is 0 Å². The van der Waals surface area contributed by atoms with Crippen LogP contribution >= 0.6 is 0 Å². The Morgan fingerprint density at radius 3 is 2.81 bits per heavy atom. The van der Waals surface area contributed by atoms with Crippen LogP contribution in [0.4, 0.5) is 0 Å². The maximum Gasteiger partial charge on any atom is 0.220 e. The van der Waals surface area contributed by atoms with Crippen molar-refractivity contribution < 1.29 is 9.90 Å². The van der Waals surface area contributed by atoms with Gasteiger partial charge in [0, 0.05) is 6.42 Å². The summed E-state index contributed by atoms with van der Waals surface area (Å²) in [6.45, 7) is 6.15. The van der Waals surface area contributed by atoms with Gasteiger partial charge in [0.2, 0.25) is 5.91 Å². The number of carbonyl (C=O) groups is 1. The Hall–Kier alpha value is -0.610. The first-order valence-electron chi connectivity index (χ1n) is 6.24. The molecule has 1 aliphatic heterocycles. The highest BCUT2D eigenvalue weighted by Crippen LogP contribution is 2.14. The van der Waals surface area contributed by atoms with Crippen molar-refractivity contribution in [2.24, 2.45) is 11.8 Å². The molecule has 0 aromatic carbocycles. The molecule has 1 saturated heterocycles. The molecule has 1 heterocycles. The van der Waals surface area contributed by atoms with Crippen LogP contribution < -0.4 is 10.6 Å². The second-order valence-corrected chi connectivity index (χ2v) is 5.00. The summed E-state index contributed by atoms with van der Waals surface area (Å²) in [5.41, 5.74) is 0. The summed E-state index contributed by atoms with van der Waals surface area (Å²) in [6, 6.07) is -0.103. The Balaban J connectivity index is 2.18. The van der Waals surface area contributed by atoms with Crippen molar-refractivity contribution in [3.63, 3.8) is 0 Å². The van der Waals surface area contributed by atoms with Crippen molar-refractivity contribution in [1.29, 1.82) is 0 Å². The molecule has 1 aliphatic rings. The summed E-state index contributed by atoms with van der Waals surface area (Å²) in [4.78, 5) is 11.6. The molecule has 1 amide bonds. The highest BCUT2D eigenvalue weighted by molar-refractivity contribution is 5.76. The molecule has 2 atom stereocenters. The fourth-order valence-electron chi connectivity index (χ4n) is 2.00. The van der Waals surface area contributed by atoms with Gasteiger partial charge in [-0.1, -0.05) is 13.8 Å². The standard InChI is InChI=1S/C12H24N2O2/c1-9(2)11(8-15)14-12(16)4-3-10-5-6-13-7-10/h9-11,13,15H,3-8H2,1-2H3,(H,14,16). The van der Waals surface area contributed by atoms with Crippen molar-refractivity contribution >= 4 is 5.91 Å². The molecule has 4 heteroatoms. The lowest BCUT2D eigenvalue weighted by molar-refractivity contribution is -0.122. The van der Waals surface area contributed by atoms with Crippen LogP contribution in [0.5, 0.6) is 0 Å². The van der Waals surface area contributed by atoms with Crippen molar-refractivity contribution in [1.82, 2.24) is 10.6 Å². The van der Waals surface area contributed by atoms with Crippen molar-refractivity contribution in [2.75, 3.05) is 19.7 Å². The summed E-state index contributed by atoms with van der Waals surface area (Å²) >= 11 is 0. The molecule has 0 spiro atoms. The third kappa shape index (κ3) is 4.49. The van der Waals surface area contributed by atoms with E-state index in [-0.39, 0.29) is 24.5 Å². The Labute approximate surface area is 97.8 Å². The second-order valence-electron chi connectivity index (χ2n) is 5.00. The van der Waals surface area contributed by atoms with Crippen molar-refractivity contribution in [3.8, 4) is 0 Å². The van der Waals surface area contributed by atoms with Gasteiger partial charge in [0.15, 0.2) is 0 Å². The van der Waals surface area contributed by atoms with E-state index < -0.39 is 0 Å². The van der Waals surface area contributed by atoms with Crippen LogP contribution in [-0.4, -0.2) is 36.8 Å². The zero-order chi connectivity index (χ0) is 12.0. The minimum atomic E-state index is -0.103. The molecule has 1 rings (SSSR count). The molecule has 0 aromatic rings. The smallest absolute Gasteiger partial charge is 0.220 e. The Bertz CT molecular complexity index is 213. The molecular weight excluding hydrogens is 204 g/mol. The number of rotatable bonds is 6. The molecule has 0 aliphatic carbocycles. The Kier molecular flexibility index (Phi) is 5.77. The van der Waals surface area contributed by atoms with Gasteiger partial charge in [-0.3, -0.25) is 4.79 Å². The molecule has 16 heavy (non-hydrogen) atoms. The monoisotopic (exact) mass is 228 g/mol. The second kappa shape index (κ2) is 6.86. The largest absolute Gasteiger partial charge is 0.394 e. The number of amides is 1. The van der Waals surface area contributed by atoms with Crippen LogP contribution in [0.1, 0.15) is 33.1 Å². The number of carbonyl (C=O) groups excluding carboxylic acids is 1. The van der Waals surface area contributed by atoms with Gasteiger partial charge in [-0.15, -0.1) is 0 Å². The van der Waals surface area contributed by atoms with Gasteiger partial charge in [-0.05, 0) is 37.8 Å². The van der Waals surface area contributed by atoms with Crippen LogP contribution in [0, 0.1) is 11.8 Å². The van der Waals surface area contributed by atoms with E-state index in [1.54, 1.807) is 0 Å². The first-order chi connectivity index (χ1) is 7.63. The predicted molar refractivity (Wildman–Crippen MR) is 64.1 cm³/mol. The van der Waals surface area contributed by atoms with Gasteiger partial charge in [0.05, 0.1) is 12.6 Å². The van der Waals surface area contributed by atoms with Gasteiger partial charge >= 0.3 is 0 Å². The summed E-state index contributed by atoms with van der Waals surface area (Å²) in [7, 11) is 0. The summed E-state index contributed by atoms with van der Waals surface area (Å²) < 4.78 is 0. The molecule has 0 bridgehead atoms. The fourth-order valence-corrected chi connectivity index (χ4v) is 2.00. The third-order valence-electron chi connectivity index (χ3n) is 3.29. The highest BCUT2D eigenvalue weighted by Gasteiger charge is 2.18. The Morgan fingerprint density at radius 1 is 1.56 bits per heavy atom. The van der Waals surface area contributed by atoms with Crippen LogP contribution in [0.25, 0.3) is 0 Å². The van der Waals surface area contributed by atoms with E-state index in [4.69, 9.17) is 5.11 Å². The highest BCUT2D eigenvalue weighted by atomic mass is 16.3. The fraction of sp³-hybridized carbons (Fsp3) is 0.917. The Morgan fingerprint density at radius 2 is 2.31 bits per heavy atom. The van der Waals surface area contributed by atoms with Crippen molar-refractivity contribution in [3.05, 3.63) is 0 Å². The molecule has 1 fully saturated rings. The first-order valence-corrected chi connectivity index (χ1v) is 6.24. The lowest BCUT2D eigenvalue weighted by Gasteiger charge is -2.20. The molecule has 0 radical (unpaired) electrons. The normalized spacial score (nSPS) is 22.4. The quantitative estimate of drug-likeness (QED) is 0.621. The minimum absolute atomic E-state index is 0.0222. The van der Waals surface area contributed by atoms with Gasteiger partial charge in [0.1, 0.15) is 0 Å². The molecule has 0 aromatic heterocycles. The van der Waals surface area contributed by atoms with E-state index >= 15 is 0 Å². The molecule has 4 nitrogen and oxygen atoms in total. The maximum absolute atomic E-state index is 11.6. The summed E-state index contributed by atoms with van der Waals surface area (Å²) in [6.07, 6.45) is 2.71. The molecule has 0 saturated carbocycles. The number of hydrogen-bond acceptors (Lipinski definition) is 3. The topological polar surface area (TPSA) is 61.4 Å². The van der Waals surface area contributed by atoms with Gasteiger partial charge in [-0.25, -0.2) is 0 Å². The van der Waals surface area contributed by atoms with E-state index in [9.17, 15) is 4.79 Å². The van der Waals surface area contributed by atoms with Gasteiger partial charge < -0.3 is 15.7 Å². The van der Waals surface area contributed by atoms with E-state index in [2.05, 4.69) is 10.6 Å². The lowest BCUT2D eigenvalue weighted by Crippen LogP contribution is -2.41. The van der Waals surface area contributed by atoms with Gasteiger partial charge in [-0.2, -0.15) is 0 Å². The third-order valence-corrected chi connectivity index (χ3v) is 3.29. The van der Waals surface area contributed by atoms with Crippen LogP contribution in [0.3, 0.4) is 0 Å². The van der Waals surface area contributed by atoms with Crippen molar-refractivity contribution in [2.45, 2.75) is 39.2 Å². The minimum Gasteiger partial charge on any atom is -0.394 e.